The second-order valence-corrected chi connectivity index (χ2v) is 8.59. The average Bonchev–Trinajstić information content (AvgIpc) is 3.23. The average molecular weight is 371 g/mol. The van der Waals surface area contributed by atoms with Crippen molar-refractivity contribution in [1.29, 1.82) is 0 Å². The zero-order valence-electron chi connectivity index (χ0n) is 16.3. The molecule has 0 aliphatic heterocycles. The lowest BCUT2D eigenvalue weighted by Gasteiger charge is -2.32. The second kappa shape index (κ2) is 7.80. The Morgan fingerprint density at radius 1 is 1.30 bits per heavy atom. The van der Waals surface area contributed by atoms with E-state index in [2.05, 4.69) is 15.6 Å². The molecule has 1 saturated carbocycles. The van der Waals surface area contributed by atoms with Crippen molar-refractivity contribution in [2.24, 2.45) is 5.41 Å². The molecule has 3 N–H and O–H groups in total. The normalized spacial score (nSPS) is 18.1. The molecule has 27 heavy (non-hydrogen) atoms. The van der Waals surface area contributed by atoms with Gasteiger partial charge in [0.05, 0.1) is 17.3 Å². The summed E-state index contributed by atoms with van der Waals surface area (Å²) in [5.74, 6) is -0.913. The van der Waals surface area contributed by atoms with E-state index in [1.807, 2.05) is 26.8 Å². The van der Waals surface area contributed by atoms with Gasteiger partial charge in [0.15, 0.2) is 0 Å². The van der Waals surface area contributed by atoms with Crippen LogP contribution in [0.25, 0.3) is 5.57 Å². The number of nitrogens with one attached hydrogen (secondary N) is 2. The number of rotatable bonds is 6. The number of carboxylic acid groups (broad SMARTS) is 1. The molecule has 1 heterocycles. The third kappa shape index (κ3) is 4.38. The molecule has 6 heteroatoms. The van der Waals surface area contributed by atoms with E-state index in [0.717, 1.165) is 24.1 Å². The van der Waals surface area contributed by atoms with Crippen LogP contribution in [-0.4, -0.2) is 34.1 Å². The number of fused-ring (bicyclic) bond motifs is 1. The third-order valence-electron chi connectivity index (χ3n) is 5.44. The van der Waals surface area contributed by atoms with Gasteiger partial charge in [-0.15, -0.1) is 0 Å². The standard InChI is InChI=1S/C21H29N3O3/c1-21(2,3)18(19(25)24-14-6-4-5-7-14)23-12-13-10-11-22-16-9-8-15(17(13)16)20(26)27/h8,10-11,14,18,23H,4-7,9,12H2,1-3H3,(H,24,25)(H,26,27)/t18-/m0/s1. The molecule has 0 bridgehead atoms. The van der Waals surface area contributed by atoms with Crippen LogP contribution in [0.2, 0.25) is 0 Å². The number of carbonyl (C=O) groups excluding carboxylic acids is 1. The van der Waals surface area contributed by atoms with Crippen molar-refractivity contribution in [3.63, 3.8) is 0 Å². The van der Waals surface area contributed by atoms with Crippen LogP contribution in [-0.2, 0) is 22.6 Å². The van der Waals surface area contributed by atoms with Crippen LogP contribution >= 0.6 is 0 Å². The van der Waals surface area contributed by atoms with Crippen LogP contribution in [0.1, 0.15) is 63.3 Å². The van der Waals surface area contributed by atoms with Crippen molar-refractivity contribution < 1.29 is 14.7 Å². The van der Waals surface area contributed by atoms with E-state index in [1.165, 1.54) is 12.8 Å². The SMILES string of the molecule is CC(C)(C)[C@@H](NCc1ccnc2c1C(C(=O)O)=CC2)C(=O)NC1CCCC1. The summed E-state index contributed by atoms with van der Waals surface area (Å²) in [6.07, 6.45) is 8.39. The number of aromatic nitrogens is 1. The molecule has 0 spiro atoms. The monoisotopic (exact) mass is 371 g/mol. The molecule has 1 fully saturated rings. The van der Waals surface area contributed by atoms with Crippen LogP contribution in [0, 0.1) is 5.41 Å². The Morgan fingerprint density at radius 3 is 2.63 bits per heavy atom. The van der Waals surface area contributed by atoms with Crippen molar-refractivity contribution in [2.75, 3.05) is 0 Å². The number of allylic oxidation sites excluding steroid dienone is 1. The van der Waals surface area contributed by atoms with E-state index in [-0.39, 0.29) is 23.4 Å². The number of nitrogens with zero attached hydrogens (tertiary/aromatic N) is 1. The molecule has 2 aliphatic carbocycles. The molecule has 1 aromatic rings. The van der Waals surface area contributed by atoms with Crippen LogP contribution in [0.5, 0.6) is 0 Å². The van der Waals surface area contributed by atoms with Crippen molar-refractivity contribution >= 4 is 17.4 Å². The summed E-state index contributed by atoms with van der Waals surface area (Å²) in [4.78, 5) is 28.7. The van der Waals surface area contributed by atoms with Crippen molar-refractivity contribution in [1.82, 2.24) is 15.6 Å². The number of aliphatic carboxylic acids is 1. The summed E-state index contributed by atoms with van der Waals surface area (Å²) in [6, 6.07) is 1.75. The molecule has 0 radical (unpaired) electrons. The highest BCUT2D eigenvalue weighted by Crippen LogP contribution is 2.30. The maximum Gasteiger partial charge on any atom is 0.336 e. The van der Waals surface area contributed by atoms with Crippen LogP contribution in [0.3, 0.4) is 0 Å². The summed E-state index contributed by atoms with van der Waals surface area (Å²) in [5, 5.41) is 16.0. The molecule has 0 unspecified atom stereocenters. The third-order valence-corrected chi connectivity index (χ3v) is 5.44. The van der Waals surface area contributed by atoms with Crippen LogP contribution in [0.4, 0.5) is 0 Å². The van der Waals surface area contributed by atoms with Gasteiger partial charge in [-0.1, -0.05) is 39.7 Å². The molecular formula is C21H29N3O3. The van der Waals surface area contributed by atoms with E-state index in [4.69, 9.17) is 0 Å². The minimum atomic E-state index is -0.936. The fourth-order valence-corrected chi connectivity index (χ4v) is 4.03. The zero-order chi connectivity index (χ0) is 19.6. The lowest BCUT2D eigenvalue weighted by atomic mass is 9.85. The van der Waals surface area contributed by atoms with Gasteiger partial charge >= 0.3 is 5.97 Å². The first-order valence-electron chi connectivity index (χ1n) is 9.71. The molecule has 6 nitrogen and oxygen atoms in total. The number of hydrogen-bond donors (Lipinski definition) is 3. The molecule has 146 valence electrons. The van der Waals surface area contributed by atoms with Crippen molar-refractivity contribution in [3.05, 3.63) is 35.2 Å². The fraction of sp³-hybridized carbons (Fsp3) is 0.571. The van der Waals surface area contributed by atoms with E-state index in [9.17, 15) is 14.7 Å². The Labute approximate surface area is 160 Å². The fourth-order valence-electron chi connectivity index (χ4n) is 4.03. The number of carbonyl (C=O) groups is 2. The first kappa shape index (κ1) is 19.5. The molecule has 2 aliphatic rings. The minimum Gasteiger partial charge on any atom is -0.478 e. The van der Waals surface area contributed by atoms with E-state index < -0.39 is 5.97 Å². The maximum atomic E-state index is 12.9. The second-order valence-electron chi connectivity index (χ2n) is 8.59. The van der Waals surface area contributed by atoms with Crippen molar-refractivity contribution in [3.8, 4) is 0 Å². The molecule has 3 rings (SSSR count). The highest BCUT2D eigenvalue weighted by atomic mass is 16.4. The summed E-state index contributed by atoms with van der Waals surface area (Å²) in [7, 11) is 0. The Kier molecular flexibility index (Phi) is 5.65. The molecule has 0 saturated heterocycles. The van der Waals surface area contributed by atoms with Gasteiger partial charge in [0.2, 0.25) is 5.91 Å². The number of pyridine rings is 1. The molecule has 0 aromatic carbocycles. The van der Waals surface area contributed by atoms with Crippen molar-refractivity contribution in [2.45, 2.75) is 71.5 Å². The van der Waals surface area contributed by atoms with Crippen LogP contribution in [0.15, 0.2) is 18.3 Å². The Balaban J connectivity index is 1.75. The van der Waals surface area contributed by atoms with Gasteiger partial charge in [-0.05, 0) is 29.9 Å². The lowest BCUT2D eigenvalue weighted by molar-refractivity contribution is -0.130. The number of carboxylic acids is 1. The topological polar surface area (TPSA) is 91.3 Å². The lowest BCUT2D eigenvalue weighted by Crippen LogP contribution is -2.53. The number of hydrogen-bond acceptors (Lipinski definition) is 4. The summed E-state index contributed by atoms with van der Waals surface area (Å²) in [5.41, 5.74) is 2.40. The highest BCUT2D eigenvalue weighted by molar-refractivity contribution is 6.17. The van der Waals surface area contributed by atoms with Gasteiger partial charge in [0, 0.05) is 30.8 Å². The van der Waals surface area contributed by atoms with E-state index in [0.29, 0.717) is 24.1 Å². The molecule has 1 aromatic heterocycles. The predicted octanol–water partition coefficient (Wildman–Crippen LogP) is 2.67. The number of amides is 1. The largest absolute Gasteiger partial charge is 0.478 e. The van der Waals surface area contributed by atoms with E-state index in [1.54, 1.807) is 12.3 Å². The van der Waals surface area contributed by atoms with Gasteiger partial charge in [0.1, 0.15) is 0 Å². The minimum absolute atomic E-state index is 0.0223. The molecule has 1 atom stereocenters. The predicted molar refractivity (Wildman–Crippen MR) is 104 cm³/mol. The maximum absolute atomic E-state index is 12.9. The zero-order valence-corrected chi connectivity index (χ0v) is 16.3. The Hall–Kier alpha value is -2.21. The van der Waals surface area contributed by atoms with Gasteiger partial charge in [0.25, 0.3) is 0 Å². The Bertz CT molecular complexity index is 758. The quantitative estimate of drug-likeness (QED) is 0.715. The van der Waals surface area contributed by atoms with Gasteiger partial charge in [-0.3, -0.25) is 9.78 Å². The first-order chi connectivity index (χ1) is 12.8. The van der Waals surface area contributed by atoms with E-state index >= 15 is 0 Å². The highest BCUT2D eigenvalue weighted by Gasteiger charge is 2.33. The van der Waals surface area contributed by atoms with Gasteiger partial charge in [-0.2, -0.15) is 0 Å². The summed E-state index contributed by atoms with van der Waals surface area (Å²) >= 11 is 0. The van der Waals surface area contributed by atoms with Crippen LogP contribution < -0.4 is 10.6 Å². The summed E-state index contributed by atoms with van der Waals surface area (Å²) in [6.45, 7) is 6.55. The van der Waals surface area contributed by atoms with Gasteiger partial charge < -0.3 is 15.7 Å². The Morgan fingerprint density at radius 2 is 2.00 bits per heavy atom. The smallest absolute Gasteiger partial charge is 0.336 e. The molecular weight excluding hydrogens is 342 g/mol. The molecule has 1 amide bonds. The summed E-state index contributed by atoms with van der Waals surface area (Å²) < 4.78 is 0. The van der Waals surface area contributed by atoms with Gasteiger partial charge in [-0.25, -0.2) is 4.79 Å². The first-order valence-corrected chi connectivity index (χ1v) is 9.71.